The van der Waals surface area contributed by atoms with Gasteiger partial charge in [-0.25, -0.2) is 14.4 Å². The first-order valence-electron chi connectivity index (χ1n) is 11.5. The summed E-state index contributed by atoms with van der Waals surface area (Å²) in [7, 11) is 1.81. The Kier molecular flexibility index (Phi) is 8.19. The van der Waals surface area contributed by atoms with Crippen LogP contribution in [-0.2, 0) is 4.79 Å². The third-order valence-electron chi connectivity index (χ3n) is 6.23. The largest absolute Gasteiger partial charge is 0.480 e. The molecule has 2 amide bonds. The Labute approximate surface area is 203 Å². The molecule has 2 N–H and O–H groups in total. The summed E-state index contributed by atoms with van der Waals surface area (Å²) < 4.78 is 5.32. The molecular weight excluding hydrogens is 456 g/mol. The second-order valence-corrected chi connectivity index (χ2v) is 9.92. The lowest BCUT2D eigenvalue weighted by Crippen LogP contribution is -2.49. The first kappa shape index (κ1) is 25.6. The van der Waals surface area contributed by atoms with Crippen molar-refractivity contribution >= 4 is 35.0 Å². The van der Waals surface area contributed by atoms with Crippen LogP contribution in [0.15, 0.2) is 24.3 Å². The lowest BCUT2D eigenvalue weighted by Gasteiger charge is -2.38. The lowest BCUT2D eigenvalue weighted by molar-refractivity contribution is -0.139. The van der Waals surface area contributed by atoms with Gasteiger partial charge in [-0.05, 0) is 51.3 Å². The summed E-state index contributed by atoms with van der Waals surface area (Å²) in [5, 5.41) is 18.6. The van der Waals surface area contributed by atoms with Crippen LogP contribution in [0.5, 0.6) is 5.75 Å². The molecule has 0 aliphatic heterocycles. The van der Waals surface area contributed by atoms with Crippen LogP contribution in [0.2, 0.25) is 0 Å². The molecule has 0 bridgehead atoms. The van der Waals surface area contributed by atoms with E-state index in [9.17, 15) is 19.5 Å². The molecule has 9 heteroatoms. The van der Waals surface area contributed by atoms with E-state index < -0.39 is 18.5 Å². The number of urea groups is 1. The average molecular weight is 489 g/mol. The molecule has 0 unspecified atom stereocenters. The van der Waals surface area contributed by atoms with Gasteiger partial charge in [0.1, 0.15) is 5.75 Å². The molecule has 2 aromatic rings. The minimum Gasteiger partial charge on any atom is -0.480 e. The number of thiophene rings is 1. The highest BCUT2D eigenvalue weighted by Gasteiger charge is 2.30. The topological polar surface area (TPSA) is 107 Å². The number of aliphatic carboxylic acids is 1. The Morgan fingerprint density at radius 2 is 1.82 bits per heavy atom. The standard InChI is InChI=1S/C25H32N2O6S/c1-15(2)26(4)25(32)27(18-10-6-5-7-11-18)19-12-8-9-17(13-19)22-16(3)21(33-14-20(28)29)23(34-22)24(30)31/h8-9,12-13,15,18H,5-7,10-11,14H2,1-4H3,(H,28,29)(H,30,31). The fourth-order valence-corrected chi connectivity index (χ4v) is 5.31. The molecule has 3 rings (SSSR count). The van der Waals surface area contributed by atoms with E-state index in [1.807, 2.05) is 43.0 Å². The number of carboxylic acid groups (broad SMARTS) is 2. The van der Waals surface area contributed by atoms with Crippen molar-refractivity contribution < 1.29 is 29.3 Å². The molecule has 1 aliphatic rings. The van der Waals surface area contributed by atoms with E-state index in [0.717, 1.165) is 48.3 Å². The maximum atomic E-state index is 13.5. The zero-order valence-electron chi connectivity index (χ0n) is 20.0. The van der Waals surface area contributed by atoms with Crippen molar-refractivity contribution in [1.29, 1.82) is 0 Å². The van der Waals surface area contributed by atoms with E-state index in [1.165, 1.54) is 6.42 Å². The first-order chi connectivity index (χ1) is 16.1. The van der Waals surface area contributed by atoms with E-state index in [4.69, 9.17) is 9.84 Å². The number of carbonyl (C=O) groups excluding carboxylic acids is 1. The Morgan fingerprint density at radius 1 is 1.15 bits per heavy atom. The number of hydrogen-bond donors (Lipinski definition) is 2. The van der Waals surface area contributed by atoms with Crippen LogP contribution >= 0.6 is 11.3 Å². The van der Waals surface area contributed by atoms with Gasteiger partial charge in [-0.15, -0.1) is 11.3 Å². The van der Waals surface area contributed by atoms with Crippen molar-refractivity contribution in [2.45, 2.75) is 65.0 Å². The van der Waals surface area contributed by atoms with E-state index in [0.29, 0.717) is 10.4 Å². The molecular formula is C25H32N2O6S. The van der Waals surface area contributed by atoms with Gasteiger partial charge in [-0.2, -0.15) is 0 Å². The SMILES string of the molecule is Cc1c(-c2cccc(N(C(=O)N(C)C(C)C)C3CCCCC3)c2)sc(C(=O)O)c1OCC(=O)O. The molecule has 1 heterocycles. The minimum atomic E-state index is -1.18. The minimum absolute atomic E-state index is 0.0427. The number of anilines is 1. The Morgan fingerprint density at radius 3 is 2.41 bits per heavy atom. The monoisotopic (exact) mass is 488 g/mol. The molecule has 1 aromatic carbocycles. The van der Waals surface area contributed by atoms with Crippen molar-refractivity contribution in [1.82, 2.24) is 4.90 Å². The molecule has 34 heavy (non-hydrogen) atoms. The van der Waals surface area contributed by atoms with Gasteiger partial charge >= 0.3 is 18.0 Å². The second kappa shape index (κ2) is 10.9. The Bertz CT molecular complexity index is 1060. The number of nitrogens with zero attached hydrogens (tertiary/aromatic N) is 2. The van der Waals surface area contributed by atoms with Crippen LogP contribution in [0.25, 0.3) is 10.4 Å². The number of rotatable bonds is 8. The molecule has 1 fully saturated rings. The fraction of sp³-hybridized carbons (Fsp3) is 0.480. The summed E-state index contributed by atoms with van der Waals surface area (Å²) in [5.74, 6) is -2.28. The Hall–Kier alpha value is -3.07. The van der Waals surface area contributed by atoms with E-state index in [-0.39, 0.29) is 28.7 Å². The first-order valence-corrected chi connectivity index (χ1v) is 12.3. The molecule has 8 nitrogen and oxygen atoms in total. The predicted octanol–water partition coefficient (Wildman–Crippen LogP) is 5.48. The molecule has 184 valence electrons. The van der Waals surface area contributed by atoms with E-state index in [2.05, 4.69) is 0 Å². The molecule has 0 spiro atoms. The maximum absolute atomic E-state index is 13.5. The van der Waals surface area contributed by atoms with Gasteiger partial charge in [-0.3, -0.25) is 4.90 Å². The zero-order chi connectivity index (χ0) is 25.0. The molecule has 0 radical (unpaired) electrons. The molecule has 0 saturated heterocycles. The van der Waals surface area contributed by atoms with Crippen LogP contribution in [0, 0.1) is 6.92 Å². The summed E-state index contributed by atoms with van der Waals surface area (Å²) >= 11 is 1.04. The number of aromatic carboxylic acids is 1. The van der Waals surface area contributed by atoms with Gasteiger partial charge in [-0.1, -0.05) is 31.4 Å². The van der Waals surface area contributed by atoms with Gasteiger partial charge in [0.15, 0.2) is 11.5 Å². The van der Waals surface area contributed by atoms with Gasteiger partial charge in [0.25, 0.3) is 0 Å². The van der Waals surface area contributed by atoms with Crippen molar-refractivity contribution in [3.63, 3.8) is 0 Å². The van der Waals surface area contributed by atoms with Crippen LogP contribution in [0.3, 0.4) is 0 Å². The van der Waals surface area contributed by atoms with Crippen molar-refractivity contribution in [2.75, 3.05) is 18.6 Å². The summed E-state index contributed by atoms with van der Waals surface area (Å²) in [6, 6.07) is 7.64. The zero-order valence-corrected chi connectivity index (χ0v) is 20.9. The number of ether oxygens (including phenoxy) is 1. The van der Waals surface area contributed by atoms with E-state index >= 15 is 0 Å². The van der Waals surface area contributed by atoms with Crippen LogP contribution < -0.4 is 9.64 Å². The van der Waals surface area contributed by atoms with Crippen molar-refractivity contribution in [2.24, 2.45) is 0 Å². The highest BCUT2D eigenvalue weighted by Crippen LogP contribution is 2.42. The van der Waals surface area contributed by atoms with Crippen LogP contribution in [-0.4, -0.2) is 58.8 Å². The predicted molar refractivity (Wildman–Crippen MR) is 132 cm³/mol. The van der Waals surface area contributed by atoms with Crippen LogP contribution in [0.1, 0.15) is 61.2 Å². The number of hydrogen-bond acceptors (Lipinski definition) is 5. The van der Waals surface area contributed by atoms with Crippen molar-refractivity contribution in [3.05, 3.63) is 34.7 Å². The normalized spacial score (nSPS) is 14.1. The van der Waals surface area contributed by atoms with E-state index in [1.54, 1.807) is 18.9 Å². The van der Waals surface area contributed by atoms with Gasteiger partial charge in [0.05, 0.1) is 0 Å². The third kappa shape index (κ3) is 5.52. The third-order valence-corrected chi connectivity index (χ3v) is 7.54. The molecule has 0 atom stereocenters. The lowest BCUT2D eigenvalue weighted by atomic mass is 9.93. The van der Waals surface area contributed by atoms with Gasteiger partial charge < -0.3 is 19.8 Å². The van der Waals surface area contributed by atoms with Crippen LogP contribution in [0.4, 0.5) is 10.5 Å². The number of amides is 2. The fourth-order valence-electron chi connectivity index (χ4n) is 4.23. The highest BCUT2D eigenvalue weighted by molar-refractivity contribution is 7.18. The second-order valence-electron chi connectivity index (χ2n) is 8.90. The molecule has 1 aliphatic carbocycles. The molecule has 1 aromatic heterocycles. The Balaban J connectivity index is 2.05. The summed E-state index contributed by atoms with van der Waals surface area (Å²) in [4.78, 5) is 40.5. The number of carboxylic acids is 2. The van der Waals surface area contributed by atoms with Gasteiger partial charge in [0, 0.05) is 35.3 Å². The molecule has 1 saturated carbocycles. The summed E-state index contributed by atoms with van der Waals surface area (Å²) in [6.45, 7) is 5.06. The van der Waals surface area contributed by atoms with Crippen molar-refractivity contribution in [3.8, 4) is 16.2 Å². The maximum Gasteiger partial charge on any atom is 0.349 e. The quantitative estimate of drug-likeness (QED) is 0.509. The number of carbonyl (C=O) groups is 3. The van der Waals surface area contributed by atoms with Gasteiger partial charge in [0.2, 0.25) is 0 Å². The number of benzene rings is 1. The average Bonchev–Trinajstić information content (AvgIpc) is 3.14. The smallest absolute Gasteiger partial charge is 0.349 e. The summed E-state index contributed by atoms with van der Waals surface area (Å²) in [5.41, 5.74) is 2.09. The summed E-state index contributed by atoms with van der Waals surface area (Å²) in [6.07, 6.45) is 5.21. The highest BCUT2D eigenvalue weighted by atomic mass is 32.1.